The van der Waals surface area contributed by atoms with Crippen molar-refractivity contribution >= 4 is 23.2 Å². The fourth-order valence-electron chi connectivity index (χ4n) is 2.24. The molecular formula is C15H21Cl2NO3. The Balaban J connectivity index is 1.64. The van der Waals surface area contributed by atoms with Crippen LogP contribution in [-0.4, -0.2) is 43.1 Å². The molecule has 21 heavy (non-hydrogen) atoms. The van der Waals surface area contributed by atoms with Crippen LogP contribution in [-0.2, 0) is 4.74 Å². The van der Waals surface area contributed by atoms with Gasteiger partial charge < -0.3 is 19.9 Å². The maximum atomic E-state index is 9.91. The Kier molecular flexibility index (Phi) is 6.58. The topological polar surface area (TPSA) is 50.7 Å². The lowest BCUT2D eigenvalue weighted by molar-refractivity contribution is -0.0134. The summed E-state index contributed by atoms with van der Waals surface area (Å²) in [4.78, 5) is 0. The molecule has 1 aliphatic carbocycles. The number of aliphatic hydroxyl groups excluding tert-OH is 1. The van der Waals surface area contributed by atoms with E-state index in [4.69, 9.17) is 32.7 Å². The van der Waals surface area contributed by atoms with Crippen LogP contribution in [0, 0.1) is 0 Å². The Morgan fingerprint density at radius 2 is 2.14 bits per heavy atom. The summed E-state index contributed by atoms with van der Waals surface area (Å²) >= 11 is 11.9. The second-order valence-electron chi connectivity index (χ2n) is 5.19. The number of aliphatic hydroxyl groups is 1. The Morgan fingerprint density at radius 1 is 1.38 bits per heavy atom. The lowest BCUT2D eigenvalue weighted by Crippen LogP contribution is -2.48. The lowest BCUT2D eigenvalue weighted by Gasteiger charge is -2.36. The predicted octanol–water partition coefficient (Wildman–Crippen LogP) is 2.89. The van der Waals surface area contributed by atoms with Crippen molar-refractivity contribution in [3.05, 3.63) is 28.2 Å². The van der Waals surface area contributed by atoms with Crippen LogP contribution >= 0.6 is 23.2 Å². The summed E-state index contributed by atoms with van der Waals surface area (Å²) in [6.07, 6.45) is 1.78. The Morgan fingerprint density at radius 3 is 2.86 bits per heavy atom. The maximum absolute atomic E-state index is 9.91. The average Bonchev–Trinajstić information content (AvgIpc) is 2.42. The second-order valence-corrected chi connectivity index (χ2v) is 6.04. The molecule has 0 amide bonds. The van der Waals surface area contributed by atoms with E-state index in [1.165, 1.54) is 0 Å². The van der Waals surface area contributed by atoms with Gasteiger partial charge >= 0.3 is 0 Å². The van der Waals surface area contributed by atoms with Gasteiger partial charge in [-0.15, -0.1) is 0 Å². The van der Waals surface area contributed by atoms with E-state index >= 15 is 0 Å². The molecular weight excluding hydrogens is 313 g/mol. The molecule has 118 valence electrons. The zero-order chi connectivity index (χ0) is 15.2. The molecule has 6 heteroatoms. The number of nitrogens with one attached hydrogen (secondary N) is 1. The molecule has 2 N–H and O–H groups in total. The van der Waals surface area contributed by atoms with E-state index in [9.17, 15) is 5.11 Å². The largest absolute Gasteiger partial charge is 0.489 e. The molecule has 0 spiro atoms. The van der Waals surface area contributed by atoms with Crippen molar-refractivity contribution < 1.29 is 14.6 Å². The number of hydrogen-bond donors (Lipinski definition) is 2. The monoisotopic (exact) mass is 333 g/mol. The first-order valence-corrected chi connectivity index (χ1v) is 7.95. The van der Waals surface area contributed by atoms with Gasteiger partial charge in [0.2, 0.25) is 0 Å². The normalized spacial score (nSPS) is 22.7. The van der Waals surface area contributed by atoms with Crippen LogP contribution in [0.25, 0.3) is 0 Å². The molecule has 1 unspecified atom stereocenters. The van der Waals surface area contributed by atoms with Crippen LogP contribution in [0.3, 0.4) is 0 Å². The van der Waals surface area contributed by atoms with Crippen molar-refractivity contribution in [2.75, 3.05) is 19.8 Å². The van der Waals surface area contributed by atoms with Crippen LogP contribution in [0.5, 0.6) is 5.75 Å². The standard InChI is InChI=1S/C15H21Cl2NO3/c1-2-20-13-6-11(7-13)18-8-12(19)9-21-15-5-10(16)3-4-14(15)17/h3-5,11-13,18-19H,2,6-9H2,1H3. The molecule has 1 aromatic rings. The quantitative estimate of drug-likeness (QED) is 0.768. The molecule has 1 aromatic carbocycles. The Labute approximate surface area is 135 Å². The van der Waals surface area contributed by atoms with E-state index in [0.29, 0.717) is 34.5 Å². The van der Waals surface area contributed by atoms with Gasteiger partial charge in [-0.3, -0.25) is 0 Å². The highest BCUT2D eigenvalue weighted by Gasteiger charge is 2.29. The van der Waals surface area contributed by atoms with Gasteiger partial charge in [-0.05, 0) is 31.9 Å². The molecule has 1 fully saturated rings. The molecule has 0 heterocycles. The van der Waals surface area contributed by atoms with E-state index < -0.39 is 6.10 Å². The fraction of sp³-hybridized carbons (Fsp3) is 0.600. The molecule has 1 aliphatic rings. The highest BCUT2D eigenvalue weighted by atomic mass is 35.5. The maximum Gasteiger partial charge on any atom is 0.139 e. The van der Waals surface area contributed by atoms with E-state index in [-0.39, 0.29) is 6.61 Å². The van der Waals surface area contributed by atoms with Crippen LogP contribution in [0.4, 0.5) is 0 Å². The summed E-state index contributed by atoms with van der Waals surface area (Å²) in [5, 5.41) is 14.3. The van der Waals surface area contributed by atoms with Crippen LogP contribution in [0.1, 0.15) is 19.8 Å². The van der Waals surface area contributed by atoms with E-state index in [1.807, 2.05) is 6.92 Å². The van der Waals surface area contributed by atoms with Crippen molar-refractivity contribution in [3.63, 3.8) is 0 Å². The van der Waals surface area contributed by atoms with Gasteiger partial charge in [-0.2, -0.15) is 0 Å². The highest BCUT2D eigenvalue weighted by Crippen LogP contribution is 2.27. The number of benzene rings is 1. The zero-order valence-electron chi connectivity index (χ0n) is 12.0. The molecule has 0 radical (unpaired) electrons. The van der Waals surface area contributed by atoms with Gasteiger partial charge in [0.1, 0.15) is 18.5 Å². The summed E-state index contributed by atoms with van der Waals surface area (Å²) < 4.78 is 11.0. The summed E-state index contributed by atoms with van der Waals surface area (Å²) in [7, 11) is 0. The smallest absolute Gasteiger partial charge is 0.139 e. The molecule has 0 saturated heterocycles. The molecule has 0 bridgehead atoms. The molecule has 4 nitrogen and oxygen atoms in total. The SMILES string of the molecule is CCOC1CC(NCC(O)COc2cc(Cl)ccc2Cl)C1. The van der Waals surface area contributed by atoms with Crippen molar-refractivity contribution in [2.45, 2.75) is 38.0 Å². The van der Waals surface area contributed by atoms with Gasteiger partial charge in [0, 0.05) is 30.3 Å². The summed E-state index contributed by atoms with van der Waals surface area (Å²) in [5.41, 5.74) is 0. The van der Waals surface area contributed by atoms with Gasteiger partial charge in [0.05, 0.1) is 11.1 Å². The van der Waals surface area contributed by atoms with Gasteiger partial charge in [0.25, 0.3) is 0 Å². The highest BCUT2D eigenvalue weighted by molar-refractivity contribution is 6.34. The number of ether oxygens (including phenoxy) is 2. The Hall–Kier alpha value is -0.520. The summed E-state index contributed by atoms with van der Waals surface area (Å²) in [6, 6.07) is 5.43. The van der Waals surface area contributed by atoms with Crippen molar-refractivity contribution in [2.24, 2.45) is 0 Å². The third-order valence-corrected chi connectivity index (χ3v) is 4.01. The Bertz CT molecular complexity index is 453. The predicted molar refractivity (Wildman–Crippen MR) is 84.4 cm³/mol. The van der Waals surface area contributed by atoms with Crippen LogP contribution < -0.4 is 10.1 Å². The van der Waals surface area contributed by atoms with Crippen LogP contribution in [0.2, 0.25) is 10.0 Å². The van der Waals surface area contributed by atoms with Gasteiger partial charge in [-0.1, -0.05) is 23.2 Å². The zero-order valence-corrected chi connectivity index (χ0v) is 13.5. The molecule has 0 aromatic heterocycles. The molecule has 2 rings (SSSR count). The van der Waals surface area contributed by atoms with Crippen molar-refractivity contribution in [3.8, 4) is 5.75 Å². The number of rotatable bonds is 8. The lowest BCUT2D eigenvalue weighted by atomic mass is 9.89. The molecule has 1 atom stereocenters. The fourth-order valence-corrected chi connectivity index (χ4v) is 2.57. The molecule has 1 saturated carbocycles. The van der Waals surface area contributed by atoms with Gasteiger partial charge in [-0.25, -0.2) is 0 Å². The van der Waals surface area contributed by atoms with E-state index in [0.717, 1.165) is 19.4 Å². The number of hydrogen-bond acceptors (Lipinski definition) is 4. The van der Waals surface area contributed by atoms with Gasteiger partial charge in [0.15, 0.2) is 0 Å². The van der Waals surface area contributed by atoms with Crippen LogP contribution in [0.15, 0.2) is 18.2 Å². The van der Waals surface area contributed by atoms with E-state index in [2.05, 4.69) is 5.32 Å². The first-order valence-electron chi connectivity index (χ1n) is 7.19. The van der Waals surface area contributed by atoms with Crippen molar-refractivity contribution in [1.29, 1.82) is 0 Å². The minimum atomic E-state index is -0.591. The van der Waals surface area contributed by atoms with Crippen molar-refractivity contribution in [1.82, 2.24) is 5.32 Å². The second kappa shape index (κ2) is 8.20. The summed E-state index contributed by atoms with van der Waals surface area (Å²) in [5.74, 6) is 0.489. The minimum absolute atomic E-state index is 0.175. The molecule has 0 aliphatic heterocycles. The number of halogens is 2. The third-order valence-electron chi connectivity index (χ3n) is 3.46. The first kappa shape index (κ1) is 16.8. The van der Waals surface area contributed by atoms with E-state index in [1.54, 1.807) is 18.2 Å². The third kappa shape index (κ3) is 5.31. The average molecular weight is 334 g/mol. The minimum Gasteiger partial charge on any atom is -0.489 e. The first-order chi connectivity index (χ1) is 10.1. The summed E-state index contributed by atoms with van der Waals surface area (Å²) in [6.45, 7) is 3.42.